The number of nitrogens with zero attached hydrogens (tertiary/aromatic N) is 4. The third-order valence-electron chi connectivity index (χ3n) is 2.15. The number of rotatable bonds is 3. The molecule has 3 heterocycles. The van der Waals surface area contributed by atoms with Crippen LogP contribution in [0.4, 0.5) is 5.13 Å². The summed E-state index contributed by atoms with van der Waals surface area (Å²) in [6, 6.07) is 1.73. The van der Waals surface area contributed by atoms with Crippen LogP contribution in [-0.2, 0) is 0 Å². The Labute approximate surface area is 116 Å². The number of carbonyl (C=O) groups is 1. The van der Waals surface area contributed by atoms with Gasteiger partial charge >= 0.3 is 0 Å². The number of amides is 1. The zero-order valence-electron chi connectivity index (χ0n) is 9.48. The molecule has 0 saturated heterocycles. The highest BCUT2D eigenvalue weighted by atomic mass is 32.1. The maximum atomic E-state index is 11.9. The van der Waals surface area contributed by atoms with E-state index >= 15 is 0 Å². The molecule has 0 aliphatic heterocycles. The molecule has 94 valence electrons. The number of hydrogen-bond donors (Lipinski definition) is 1. The van der Waals surface area contributed by atoms with Crippen LogP contribution in [0, 0.1) is 0 Å². The molecule has 1 amide bonds. The summed E-state index contributed by atoms with van der Waals surface area (Å²) < 4.78 is 0. The van der Waals surface area contributed by atoms with Gasteiger partial charge in [0.25, 0.3) is 5.91 Å². The van der Waals surface area contributed by atoms with Crippen molar-refractivity contribution < 1.29 is 4.79 Å². The SMILES string of the molecule is O=C(Nc1nccs1)c1csc(-c2ncccn2)n1. The number of anilines is 1. The van der Waals surface area contributed by atoms with Gasteiger partial charge in [-0.3, -0.25) is 10.1 Å². The van der Waals surface area contributed by atoms with Gasteiger partial charge in [-0.05, 0) is 6.07 Å². The number of hydrogen-bond acceptors (Lipinski definition) is 7. The van der Waals surface area contributed by atoms with Gasteiger partial charge < -0.3 is 0 Å². The van der Waals surface area contributed by atoms with Crippen LogP contribution in [0.2, 0.25) is 0 Å². The number of thiazole rings is 2. The summed E-state index contributed by atoms with van der Waals surface area (Å²) in [6.07, 6.45) is 4.91. The maximum Gasteiger partial charge on any atom is 0.276 e. The first-order valence-electron chi connectivity index (χ1n) is 5.27. The largest absolute Gasteiger partial charge is 0.296 e. The van der Waals surface area contributed by atoms with Crippen LogP contribution in [0.1, 0.15) is 10.5 Å². The van der Waals surface area contributed by atoms with Gasteiger partial charge in [0.2, 0.25) is 0 Å². The molecule has 0 spiro atoms. The molecule has 6 nitrogen and oxygen atoms in total. The Morgan fingerprint density at radius 2 is 1.95 bits per heavy atom. The van der Waals surface area contributed by atoms with Crippen molar-refractivity contribution in [3.63, 3.8) is 0 Å². The number of aromatic nitrogens is 4. The summed E-state index contributed by atoms with van der Waals surface area (Å²) in [6.45, 7) is 0. The van der Waals surface area contributed by atoms with Gasteiger partial charge in [0, 0.05) is 29.4 Å². The van der Waals surface area contributed by atoms with Crippen molar-refractivity contribution in [2.45, 2.75) is 0 Å². The highest BCUT2D eigenvalue weighted by Crippen LogP contribution is 2.20. The van der Waals surface area contributed by atoms with Crippen LogP contribution in [0.5, 0.6) is 0 Å². The summed E-state index contributed by atoms with van der Waals surface area (Å²) in [7, 11) is 0. The topological polar surface area (TPSA) is 80.7 Å². The lowest BCUT2D eigenvalue weighted by Gasteiger charge is -1.96. The van der Waals surface area contributed by atoms with Crippen LogP contribution in [-0.4, -0.2) is 25.8 Å². The monoisotopic (exact) mass is 289 g/mol. The van der Waals surface area contributed by atoms with E-state index in [4.69, 9.17) is 0 Å². The zero-order chi connectivity index (χ0) is 13.1. The van der Waals surface area contributed by atoms with Gasteiger partial charge in [0.05, 0.1) is 0 Å². The third-order valence-corrected chi connectivity index (χ3v) is 3.67. The molecule has 0 aromatic carbocycles. The fourth-order valence-corrected chi connectivity index (χ4v) is 2.61. The first-order valence-corrected chi connectivity index (χ1v) is 7.02. The van der Waals surface area contributed by atoms with E-state index in [0.717, 1.165) is 0 Å². The molecule has 0 aliphatic rings. The number of carbonyl (C=O) groups excluding carboxylic acids is 1. The lowest BCUT2D eigenvalue weighted by Crippen LogP contribution is -2.11. The van der Waals surface area contributed by atoms with Crippen LogP contribution < -0.4 is 5.32 Å². The van der Waals surface area contributed by atoms with E-state index in [1.165, 1.54) is 22.7 Å². The fourth-order valence-electron chi connectivity index (χ4n) is 1.34. The van der Waals surface area contributed by atoms with Gasteiger partial charge in [-0.1, -0.05) is 0 Å². The van der Waals surface area contributed by atoms with E-state index < -0.39 is 0 Å². The molecule has 3 rings (SSSR count). The van der Waals surface area contributed by atoms with Crippen molar-refractivity contribution in [3.8, 4) is 10.8 Å². The van der Waals surface area contributed by atoms with Crippen molar-refractivity contribution >= 4 is 33.7 Å². The average Bonchev–Trinajstić information content (AvgIpc) is 3.10. The van der Waals surface area contributed by atoms with Gasteiger partial charge in [-0.15, -0.1) is 22.7 Å². The molecule has 0 radical (unpaired) electrons. The summed E-state index contributed by atoms with van der Waals surface area (Å²) in [5.74, 6) is 0.231. The second-order valence-corrected chi connectivity index (χ2v) is 5.15. The molecule has 8 heteroatoms. The van der Waals surface area contributed by atoms with E-state index in [0.29, 0.717) is 21.7 Å². The minimum absolute atomic E-state index is 0.284. The first kappa shape index (κ1) is 11.9. The van der Waals surface area contributed by atoms with Crippen molar-refractivity contribution in [1.29, 1.82) is 0 Å². The Hall–Kier alpha value is -2.19. The van der Waals surface area contributed by atoms with Gasteiger partial charge in [0.1, 0.15) is 5.69 Å². The van der Waals surface area contributed by atoms with Gasteiger partial charge in [-0.2, -0.15) is 0 Å². The zero-order valence-corrected chi connectivity index (χ0v) is 11.1. The van der Waals surface area contributed by atoms with E-state index in [2.05, 4.69) is 25.3 Å². The minimum Gasteiger partial charge on any atom is -0.296 e. The molecule has 3 aromatic rings. The first-order chi connectivity index (χ1) is 9.33. The average molecular weight is 289 g/mol. The Kier molecular flexibility index (Phi) is 3.25. The minimum atomic E-state index is -0.284. The Morgan fingerprint density at radius 1 is 1.11 bits per heavy atom. The van der Waals surface area contributed by atoms with Crippen LogP contribution in [0.25, 0.3) is 10.8 Å². The van der Waals surface area contributed by atoms with E-state index in [9.17, 15) is 4.79 Å². The van der Waals surface area contributed by atoms with Gasteiger partial charge in [0.15, 0.2) is 16.0 Å². The highest BCUT2D eigenvalue weighted by Gasteiger charge is 2.13. The summed E-state index contributed by atoms with van der Waals surface area (Å²) >= 11 is 2.69. The Balaban J connectivity index is 1.80. The normalized spacial score (nSPS) is 10.3. The van der Waals surface area contributed by atoms with E-state index in [-0.39, 0.29) is 5.91 Å². The van der Waals surface area contributed by atoms with Crippen LogP contribution in [0.3, 0.4) is 0 Å². The smallest absolute Gasteiger partial charge is 0.276 e. The second kappa shape index (κ2) is 5.21. The Bertz CT molecular complexity index is 680. The van der Waals surface area contributed by atoms with E-state index in [1.807, 2.05) is 0 Å². The van der Waals surface area contributed by atoms with Crippen molar-refractivity contribution in [3.05, 3.63) is 41.1 Å². The molecule has 0 bridgehead atoms. The molecule has 0 unspecified atom stereocenters. The summed E-state index contributed by atoms with van der Waals surface area (Å²) in [5.41, 5.74) is 0.336. The highest BCUT2D eigenvalue weighted by molar-refractivity contribution is 7.14. The molecular weight excluding hydrogens is 282 g/mol. The Morgan fingerprint density at radius 3 is 2.68 bits per heavy atom. The molecule has 0 atom stereocenters. The van der Waals surface area contributed by atoms with E-state index in [1.54, 1.807) is 35.4 Å². The van der Waals surface area contributed by atoms with Crippen molar-refractivity contribution in [1.82, 2.24) is 19.9 Å². The maximum absolute atomic E-state index is 11.9. The number of nitrogens with one attached hydrogen (secondary N) is 1. The molecule has 0 fully saturated rings. The molecule has 19 heavy (non-hydrogen) atoms. The van der Waals surface area contributed by atoms with Crippen LogP contribution in [0.15, 0.2) is 35.4 Å². The standard InChI is InChI=1S/C11H7N5OS2/c17-9(16-11-14-4-5-18-11)7-6-19-10(15-7)8-12-2-1-3-13-8/h1-6H,(H,14,16,17). The summed E-state index contributed by atoms with van der Waals surface area (Å²) in [4.78, 5) is 28.3. The van der Waals surface area contributed by atoms with Crippen molar-refractivity contribution in [2.24, 2.45) is 0 Å². The lowest BCUT2D eigenvalue weighted by atomic mass is 10.4. The fraction of sp³-hybridized carbons (Fsp3) is 0. The third kappa shape index (κ3) is 2.64. The predicted molar refractivity (Wildman–Crippen MR) is 73.2 cm³/mol. The molecule has 1 N–H and O–H groups in total. The van der Waals surface area contributed by atoms with Crippen molar-refractivity contribution in [2.75, 3.05) is 5.32 Å². The lowest BCUT2D eigenvalue weighted by molar-refractivity contribution is 0.102. The van der Waals surface area contributed by atoms with Crippen LogP contribution >= 0.6 is 22.7 Å². The second-order valence-electron chi connectivity index (χ2n) is 3.40. The van der Waals surface area contributed by atoms with Gasteiger partial charge in [-0.25, -0.2) is 19.9 Å². The predicted octanol–water partition coefficient (Wildman–Crippen LogP) is 2.31. The summed E-state index contributed by atoms with van der Waals surface area (Å²) in [5, 5.41) is 7.31. The molecule has 0 aliphatic carbocycles. The quantitative estimate of drug-likeness (QED) is 0.800. The molecular formula is C11H7N5OS2. The molecule has 0 saturated carbocycles. The molecule has 3 aromatic heterocycles.